The number of nitrogens with two attached hydrogens (primary N) is 1. The highest BCUT2D eigenvalue weighted by atomic mass is 16.2. The molecule has 2 saturated carbocycles. The normalized spacial score (nSPS) is 21.8. The van der Waals surface area contributed by atoms with Crippen molar-refractivity contribution in [2.45, 2.75) is 44.1 Å². The predicted molar refractivity (Wildman–Crippen MR) is 76.7 cm³/mol. The van der Waals surface area contributed by atoms with Gasteiger partial charge in [0.25, 0.3) is 0 Å². The predicted octanol–water partition coefficient (Wildman–Crippen LogP) is 2.56. The number of hydrogen-bond donors (Lipinski definition) is 1. The third-order valence-corrected chi connectivity index (χ3v) is 4.86. The maximum atomic E-state index is 12.8. The van der Waals surface area contributed by atoms with Gasteiger partial charge in [0.2, 0.25) is 5.91 Å². The Morgan fingerprint density at radius 2 is 1.89 bits per heavy atom. The lowest BCUT2D eigenvalue weighted by Gasteiger charge is -2.29. The quantitative estimate of drug-likeness (QED) is 0.844. The Hall–Kier alpha value is -1.51. The van der Waals surface area contributed by atoms with E-state index in [-0.39, 0.29) is 11.3 Å². The zero-order chi connectivity index (χ0) is 13.6. The average molecular weight is 258 g/mol. The summed E-state index contributed by atoms with van der Waals surface area (Å²) in [5, 5.41) is 0. The topological polar surface area (TPSA) is 46.3 Å². The molecule has 1 aromatic rings. The second kappa shape index (κ2) is 4.26. The monoisotopic (exact) mass is 258 g/mol. The molecular weight excluding hydrogens is 236 g/mol. The van der Waals surface area contributed by atoms with Gasteiger partial charge in [0, 0.05) is 18.8 Å². The Balaban J connectivity index is 1.80. The first-order chi connectivity index (χ1) is 9.04. The molecule has 1 aromatic carbocycles. The van der Waals surface area contributed by atoms with Gasteiger partial charge >= 0.3 is 0 Å². The van der Waals surface area contributed by atoms with Crippen LogP contribution < -0.4 is 5.73 Å². The van der Waals surface area contributed by atoms with Crippen LogP contribution in [0.15, 0.2) is 24.3 Å². The van der Waals surface area contributed by atoms with Gasteiger partial charge in [-0.25, -0.2) is 0 Å². The van der Waals surface area contributed by atoms with Crippen molar-refractivity contribution in [2.75, 3.05) is 12.8 Å². The smallest absolute Gasteiger partial charge is 0.233 e. The molecule has 0 aromatic heterocycles. The highest BCUT2D eigenvalue weighted by Gasteiger charge is 2.53. The van der Waals surface area contributed by atoms with E-state index in [0.717, 1.165) is 30.0 Å². The third kappa shape index (κ3) is 2.11. The summed E-state index contributed by atoms with van der Waals surface area (Å²) in [6.45, 7) is 2.18. The minimum absolute atomic E-state index is 0.258. The van der Waals surface area contributed by atoms with Crippen molar-refractivity contribution in [1.29, 1.82) is 0 Å². The van der Waals surface area contributed by atoms with Crippen molar-refractivity contribution >= 4 is 11.6 Å². The standard InChI is InChI=1S/C16H22N2O/c1-11(12-3-4-12)18(2)15(19)16(9-10-16)13-5-7-14(17)8-6-13/h5-8,11-12H,3-4,9-10,17H2,1-2H3. The Morgan fingerprint density at radius 1 is 1.32 bits per heavy atom. The SMILES string of the molecule is CC(C1CC1)N(C)C(=O)C1(c2ccc(N)cc2)CC1. The average Bonchev–Trinajstić information content (AvgIpc) is 3.29. The molecule has 0 bridgehead atoms. The van der Waals surface area contributed by atoms with Crippen molar-refractivity contribution in [3.05, 3.63) is 29.8 Å². The summed E-state index contributed by atoms with van der Waals surface area (Å²) in [6, 6.07) is 8.19. The zero-order valence-corrected chi connectivity index (χ0v) is 11.7. The summed E-state index contributed by atoms with van der Waals surface area (Å²) in [5.74, 6) is 1.01. The van der Waals surface area contributed by atoms with Crippen molar-refractivity contribution < 1.29 is 4.79 Å². The van der Waals surface area contributed by atoms with E-state index in [0.29, 0.717) is 6.04 Å². The fourth-order valence-electron chi connectivity index (χ4n) is 2.97. The fraction of sp³-hybridized carbons (Fsp3) is 0.562. The number of nitrogens with zero attached hydrogens (tertiary/aromatic N) is 1. The van der Waals surface area contributed by atoms with E-state index in [1.165, 1.54) is 12.8 Å². The molecular formula is C16H22N2O. The summed E-state index contributed by atoms with van der Waals surface area (Å²) in [7, 11) is 1.96. The van der Waals surface area contributed by atoms with Crippen LogP contribution in [-0.4, -0.2) is 23.9 Å². The van der Waals surface area contributed by atoms with Crippen LogP contribution in [0, 0.1) is 5.92 Å². The van der Waals surface area contributed by atoms with Gasteiger partial charge in [0.05, 0.1) is 5.41 Å². The number of carbonyl (C=O) groups is 1. The second-order valence-corrected chi connectivity index (χ2v) is 6.20. The number of carbonyl (C=O) groups excluding carboxylic acids is 1. The number of likely N-dealkylation sites (N-methyl/N-ethyl adjacent to an activating group) is 1. The highest BCUT2D eigenvalue weighted by Crippen LogP contribution is 2.50. The summed E-state index contributed by atoms with van der Waals surface area (Å²) in [4.78, 5) is 14.8. The van der Waals surface area contributed by atoms with Crippen molar-refractivity contribution in [3.8, 4) is 0 Å². The molecule has 0 heterocycles. The minimum atomic E-state index is -0.258. The molecule has 0 radical (unpaired) electrons. The first kappa shape index (κ1) is 12.5. The number of anilines is 1. The first-order valence-electron chi connectivity index (χ1n) is 7.18. The van der Waals surface area contributed by atoms with E-state index < -0.39 is 0 Å². The summed E-state index contributed by atoms with van der Waals surface area (Å²) in [6.07, 6.45) is 4.48. The van der Waals surface area contributed by atoms with Gasteiger partial charge in [-0.05, 0) is 56.2 Å². The van der Waals surface area contributed by atoms with Gasteiger partial charge < -0.3 is 10.6 Å². The van der Waals surface area contributed by atoms with E-state index in [4.69, 9.17) is 5.73 Å². The highest BCUT2D eigenvalue weighted by molar-refractivity contribution is 5.91. The Labute approximate surface area is 114 Å². The van der Waals surface area contributed by atoms with Crippen LogP contribution >= 0.6 is 0 Å². The van der Waals surface area contributed by atoms with Crippen molar-refractivity contribution in [1.82, 2.24) is 4.90 Å². The van der Waals surface area contributed by atoms with Crippen LogP contribution in [0.25, 0.3) is 0 Å². The molecule has 3 nitrogen and oxygen atoms in total. The van der Waals surface area contributed by atoms with Gasteiger partial charge in [-0.2, -0.15) is 0 Å². The molecule has 1 atom stereocenters. The van der Waals surface area contributed by atoms with Crippen LogP contribution in [0.5, 0.6) is 0 Å². The van der Waals surface area contributed by atoms with E-state index in [2.05, 4.69) is 6.92 Å². The lowest BCUT2D eigenvalue weighted by atomic mass is 9.93. The summed E-state index contributed by atoms with van der Waals surface area (Å²) in [5.41, 5.74) is 7.35. The number of amides is 1. The second-order valence-electron chi connectivity index (χ2n) is 6.20. The van der Waals surface area contributed by atoms with E-state index >= 15 is 0 Å². The molecule has 0 saturated heterocycles. The van der Waals surface area contributed by atoms with Crippen LogP contribution in [-0.2, 0) is 10.2 Å². The van der Waals surface area contributed by atoms with Gasteiger partial charge in [-0.3, -0.25) is 4.79 Å². The largest absolute Gasteiger partial charge is 0.399 e. The molecule has 2 N–H and O–H groups in total. The lowest BCUT2D eigenvalue weighted by molar-refractivity contribution is -0.134. The molecule has 2 fully saturated rings. The summed E-state index contributed by atoms with van der Waals surface area (Å²) < 4.78 is 0. The molecule has 3 heteroatoms. The minimum Gasteiger partial charge on any atom is -0.399 e. The van der Waals surface area contributed by atoms with Crippen LogP contribution in [0.1, 0.15) is 38.2 Å². The van der Waals surface area contributed by atoms with Gasteiger partial charge in [-0.1, -0.05) is 12.1 Å². The zero-order valence-electron chi connectivity index (χ0n) is 11.7. The molecule has 2 aliphatic rings. The number of rotatable bonds is 4. The maximum absolute atomic E-state index is 12.8. The molecule has 1 amide bonds. The molecule has 3 rings (SSSR count). The van der Waals surface area contributed by atoms with E-state index in [1.807, 2.05) is 36.2 Å². The van der Waals surface area contributed by atoms with Gasteiger partial charge in [-0.15, -0.1) is 0 Å². The van der Waals surface area contributed by atoms with E-state index in [1.54, 1.807) is 0 Å². The van der Waals surface area contributed by atoms with E-state index in [9.17, 15) is 4.79 Å². The Bertz CT molecular complexity index is 486. The molecule has 2 aliphatic carbocycles. The first-order valence-corrected chi connectivity index (χ1v) is 7.18. The molecule has 102 valence electrons. The molecule has 19 heavy (non-hydrogen) atoms. The van der Waals surface area contributed by atoms with Crippen molar-refractivity contribution in [3.63, 3.8) is 0 Å². The number of nitrogen functional groups attached to an aromatic ring is 1. The van der Waals surface area contributed by atoms with Crippen LogP contribution in [0.4, 0.5) is 5.69 Å². The van der Waals surface area contributed by atoms with Crippen LogP contribution in [0.2, 0.25) is 0 Å². The summed E-state index contributed by atoms with van der Waals surface area (Å²) >= 11 is 0. The van der Waals surface area contributed by atoms with Crippen molar-refractivity contribution in [2.24, 2.45) is 5.92 Å². The van der Waals surface area contributed by atoms with Gasteiger partial charge in [0.15, 0.2) is 0 Å². The molecule has 1 unspecified atom stereocenters. The fourth-order valence-corrected chi connectivity index (χ4v) is 2.97. The number of benzene rings is 1. The Morgan fingerprint density at radius 3 is 2.37 bits per heavy atom. The third-order valence-electron chi connectivity index (χ3n) is 4.86. The maximum Gasteiger partial charge on any atom is 0.233 e. The molecule has 0 spiro atoms. The van der Waals surface area contributed by atoms with Gasteiger partial charge in [0.1, 0.15) is 0 Å². The molecule has 0 aliphatic heterocycles. The Kier molecular flexibility index (Phi) is 2.80. The number of hydrogen-bond acceptors (Lipinski definition) is 2. The lowest BCUT2D eigenvalue weighted by Crippen LogP contribution is -2.42. The van der Waals surface area contributed by atoms with Crippen LogP contribution in [0.3, 0.4) is 0 Å².